The van der Waals surface area contributed by atoms with Crippen LogP contribution in [0.1, 0.15) is 26.3 Å². The Hall–Kier alpha value is -3.48. The van der Waals surface area contributed by atoms with Gasteiger partial charge in [-0.3, -0.25) is 14.5 Å². The maximum atomic E-state index is 12.3. The Bertz CT molecular complexity index is 932. The van der Waals surface area contributed by atoms with E-state index in [1.165, 1.54) is 7.11 Å². The minimum absolute atomic E-state index is 0.229. The van der Waals surface area contributed by atoms with Gasteiger partial charge in [-0.15, -0.1) is 0 Å². The second kappa shape index (κ2) is 7.60. The lowest BCUT2D eigenvalue weighted by molar-refractivity contribution is 0.0600. The largest absolute Gasteiger partial charge is 0.465 e. The summed E-state index contributed by atoms with van der Waals surface area (Å²) >= 11 is 0. The number of nitrogens with zero attached hydrogens (tertiary/aromatic N) is 3. The fourth-order valence-electron chi connectivity index (χ4n) is 2.54. The third-order valence-corrected chi connectivity index (χ3v) is 3.93. The monoisotopic (exact) mass is 350 g/mol. The number of carbonyl (C=O) groups excluding carboxylic acids is 2. The van der Waals surface area contributed by atoms with Gasteiger partial charge in [-0.2, -0.15) is 5.10 Å². The van der Waals surface area contributed by atoms with Crippen molar-refractivity contribution in [3.05, 3.63) is 71.7 Å². The number of benzene rings is 1. The molecule has 0 aliphatic heterocycles. The molecule has 7 heteroatoms. The summed E-state index contributed by atoms with van der Waals surface area (Å²) in [5, 5.41) is 7.00. The van der Waals surface area contributed by atoms with Crippen LogP contribution in [0.3, 0.4) is 0 Å². The van der Waals surface area contributed by atoms with Crippen molar-refractivity contribution in [3.8, 4) is 11.3 Å². The molecule has 0 saturated carbocycles. The van der Waals surface area contributed by atoms with Gasteiger partial charge in [0.25, 0.3) is 5.91 Å². The molecule has 0 fully saturated rings. The van der Waals surface area contributed by atoms with E-state index < -0.39 is 5.97 Å². The molecule has 1 N–H and O–H groups in total. The molecule has 132 valence electrons. The number of pyridine rings is 1. The van der Waals surface area contributed by atoms with Gasteiger partial charge in [0.1, 0.15) is 0 Å². The Morgan fingerprint density at radius 2 is 1.85 bits per heavy atom. The van der Waals surface area contributed by atoms with E-state index in [4.69, 9.17) is 0 Å². The smallest absolute Gasteiger partial charge is 0.337 e. The number of hydrogen-bond acceptors (Lipinski definition) is 5. The molecule has 0 spiro atoms. The summed E-state index contributed by atoms with van der Waals surface area (Å²) in [6.07, 6.45) is 5.19. The van der Waals surface area contributed by atoms with Gasteiger partial charge in [0.05, 0.1) is 18.4 Å². The van der Waals surface area contributed by atoms with Crippen LogP contribution in [-0.2, 0) is 18.3 Å². The number of methoxy groups -OCH3 is 1. The Labute approximate surface area is 150 Å². The van der Waals surface area contributed by atoms with Gasteiger partial charge in [0, 0.05) is 43.3 Å². The first-order chi connectivity index (χ1) is 12.6. The predicted molar refractivity (Wildman–Crippen MR) is 95.4 cm³/mol. The van der Waals surface area contributed by atoms with E-state index in [2.05, 4.69) is 20.1 Å². The number of amides is 1. The molecule has 0 saturated heterocycles. The highest BCUT2D eigenvalue weighted by Gasteiger charge is 2.10. The fraction of sp³-hybridized carbons (Fsp3) is 0.158. The van der Waals surface area contributed by atoms with E-state index in [0.29, 0.717) is 17.7 Å². The standard InChI is InChI=1S/C19H18N4O3/c1-23-17(7-8-22-23)16-9-13(10-20-12-16)11-21-18(24)14-3-5-15(6-4-14)19(25)26-2/h3-10,12H,11H2,1-2H3,(H,21,24). The minimum Gasteiger partial charge on any atom is -0.465 e. The van der Waals surface area contributed by atoms with Crippen molar-refractivity contribution < 1.29 is 14.3 Å². The molecule has 3 aromatic rings. The van der Waals surface area contributed by atoms with Crippen LogP contribution in [0.25, 0.3) is 11.3 Å². The normalized spacial score (nSPS) is 10.4. The predicted octanol–water partition coefficient (Wildman–Crippen LogP) is 2.20. The molecule has 0 radical (unpaired) electrons. The molecule has 0 aliphatic rings. The number of nitrogens with one attached hydrogen (secondary N) is 1. The quantitative estimate of drug-likeness (QED) is 0.713. The lowest BCUT2D eigenvalue weighted by Crippen LogP contribution is -2.23. The molecule has 0 unspecified atom stereocenters. The fourth-order valence-corrected chi connectivity index (χ4v) is 2.54. The van der Waals surface area contributed by atoms with E-state index in [1.807, 2.05) is 19.2 Å². The van der Waals surface area contributed by atoms with Crippen molar-refractivity contribution in [2.75, 3.05) is 7.11 Å². The highest BCUT2D eigenvalue weighted by molar-refractivity contribution is 5.96. The van der Waals surface area contributed by atoms with Gasteiger partial charge < -0.3 is 10.1 Å². The average molecular weight is 350 g/mol. The summed E-state index contributed by atoms with van der Waals surface area (Å²) in [7, 11) is 3.18. The highest BCUT2D eigenvalue weighted by Crippen LogP contribution is 2.18. The van der Waals surface area contributed by atoms with Crippen molar-refractivity contribution in [1.82, 2.24) is 20.1 Å². The Morgan fingerprint density at radius 3 is 2.50 bits per heavy atom. The Balaban J connectivity index is 1.66. The van der Waals surface area contributed by atoms with E-state index >= 15 is 0 Å². The topological polar surface area (TPSA) is 86.1 Å². The lowest BCUT2D eigenvalue weighted by atomic mass is 10.1. The summed E-state index contributed by atoms with van der Waals surface area (Å²) in [5.41, 5.74) is 3.62. The first-order valence-corrected chi connectivity index (χ1v) is 7.97. The van der Waals surface area contributed by atoms with Gasteiger partial charge in [-0.1, -0.05) is 0 Å². The van der Waals surface area contributed by atoms with Crippen molar-refractivity contribution in [1.29, 1.82) is 0 Å². The number of esters is 1. The maximum Gasteiger partial charge on any atom is 0.337 e. The molecule has 2 heterocycles. The molecule has 3 rings (SSSR count). The third-order valence-electron chi connectivity index (χ3n) is 3.93. The zero-order valence-corrected chi connectivity index (χ0v) is 14.5. The second-order valence-corrected chi connectivity index (χ2v) is 5.67. The van der Waals surface area contributed by atoms with E-state index in [-0.39, 0.29) is 5.91 Å². The van der Waals surface area contributed by atoms with Crippen LogP contribution in [0.2, 0.25) is 0 Å². The van der Waals surface area contributed by atoms with E-state index in [9.17, 15) is 9.59 Å². The highest BCUT2D eigenvalue weighted by atomic mass is 16.5. The van der Waals surface area contributed by atoms with Crippen molar-refractivity contribution in [2.24, 2.45) is 7.05 Å². The minimum atomic E-state index is -0.435. The van der Waals surface area contributed by atoms with Crippen molar-refractivity contribution in [2.45, 2.75) is 6.54 Å². The Morgan fingerprint density at radius 1 is 1.12 bits per heavy atom. The molecule has 0 aliphatic carbocycles. The SMILES string of the molecule is COC(=O)c1ccc(C(=O)NCc2cncc(-c3ccnn3C)c2)cc1. The molecular formula is C19H18N4O3. The maximum absolute atomic E-state index is 12.3. The first-order valence-electron chi connectivity index (χ1n) is 7.97. The second-order valence-electron chi connectivity index (χ2n) is 5.67. The van der Waals surface area contributed by atoms with Crippen LogP contribution in [-0.4, -0.2) is 33.8 Å². The average Bonchev–Trinajstić information content (AvgIpc) is 3.11. The summed E-state index contributed by atoms with van der Waals surface area (Å²) < 4.78 is 6.41. The summed E-state index contributed by atoms with van der Waals surface area (Å²) in [6.45, 7) is 0.344. The lowest BCUT2D eigenvalue weighted by Gasteiger charge is -2.08. The van der Waals surface area contributed by atoms with Gasteiger partial charge in [-0.25, -0.2) is 4.79 Å². The first kappa shape index (κ1) is 17.3. The molecule has 0 atom stereocenters. The number of carbonyl (C=O) groups is 2. The van der Waals surface area contributed by atoms with Crippen LogP contribution in [0, 0.1) is 0 Å². The zero-order chi connectivity index (χ0) is 18.5. The molecule has 2 aromatic heterocycles. The van der Waals surface area contributed by atoms with Crippen LogP contribution in [0.5, 0.6) is 0 Å². The van der Waals surface area contributed by atoms with E-state index in [0.717, 1.165) is 16.8 Å². The number of rotatable bonds is 5. The molecule has 1 aromatic carbocycles. The van der Waals surface area contributed by atoms with Gasteiger partial charge in [-0.05, 0) is 42.0 Å². The number of hydrogen-bond donors (Lipinski definition) is 1. The molecule has 7 nitrogen and oxygen atoms in total. The van der Waals surface area contributed by atoms with Crippen molar-refractivity contribution >= 4 is 11.9 Å². The molecule has 0 bridgehead atoms. The van der Waals surface area contributed by atoms with E-state index in [1.54, 1.807) is 47.5 Å². The number of ether oxygens (including phenoxy) is 1. The van der Waals surface area contributed by atoms with Crippen LogP contribution in [0.15, 0.2) is 55.0 Å². The Kier molecular flexibility index (Phi) is 5.07. The summed E-state index contributed by atoms with van der Waals surface area (Å²) in [6, 6.07) is 10.2. The third kappa shape index (κ3) is 3.77. The van der Waals surface area contributed by atoms with Crippen LogP contribution < -0.4 is 5.32 Å². The van der Waals surface area contributed by atoms with Crippen molar-refractivity contribution in [3.63, 3.8) is 0 Å². The molecule has 26 heavy (non-hydrogen) atoms. The van der Waals surface area contributed by atoms with Gasteiger partial charge in [0.2, 0.25) is 0 Å². The van der Waals surface area contributed by atoms with Crippen LogP contribution in [0.4, 0.5) is 0 Å². The summed E-state index contributed by atoms with van der Waals surface area (Å²) in [5.74, 6) is -0.664. The number of aromatic nitrogens is 3. The van der Waals surface area contributed by atoms with Gasteiger partial charge >= 0.3 is 5.97 Å². The zero-order valence-electron chi connectivity index (χ0n) is 14.5. The molecular weight excluding hydrogens is 332 g/mol. The summed E-state index contributed by atoms with van der Waals surface area (Å²) in [4.78, 5) is 27.9. The van der Waals surface area contributed by atoms with Crippen LogP contribution >= 0.6 is 0 Å². The van der Waals surface area contributed by atoms with Gasteiger partial charge in [0.15, 0.2) is 0 Å². The molecule has 1 amide bonds. The number of aryl methyl sites for hydroxylation is 1.